The zero-order valence-corrected chi connectivity index (χ0v) is 8.41. The summed E-state index contributed by atoms with van der Waals surface area (Å²) in [5.41, 5.74) is 1.44. The van der Waals surface area contributed by atoms with E-state index in [0.717, 1.165) is 10.3 Å². The second kappa shape index (κ2) is 3.84. The van der Waals surface area contributed by atoms with Gasteiger partial charge in [0.1, 0.15) is 0 Å². The van der Waals surface area contributed by atoms with E-state index in [9.17, 15) is 4.79 Å². The van der Waals surface area contributed by atoms with E-state index in [0.29, 0.717) is 10.6 Å². The van der Waals surface area contributed by atoms with E-state index in [1.54, 1.807) is 18.2 Å². The van der Waals surface area contributed by atoms with Crippen molar-refractivity contribution in [2.45, 2.75) is 6.61 Å². The number of aliphatic hydroxyl groups is 1. The van der Waals surface area contributed by atoms with Crippen LogP contribution in [0, 0.1) is 0 Å². The Morgan fingerprint density at radius 3 is 3.00 bits per heavy atom. The third-order valence-corrected chi connectivity index (χ3v) is 2.94. The van der Waals surface area contributed by atoms with Crippen molar-refractivity contribution in [3.8, 4) is 0 Å². The van der Waals surface area contributed by atoms with Crippen LogP contribution in [0.25, 0.3) is 10.2 Å². The Labute approximate surface area is 89.0 Å². The lowest BCUT2D eigenvalue weighted by Crippen LogP contribution is -2.06. The second-order valence-corrected chi connectivity index (χ2v) is 3.87. The number of hydrogen-bond acceptors (Lipinski definition) is 4. The van der Waals surface area contributed by atoms with E-state index >= 15 is 0 Å². The lowest BCUT2D eigenvalue weighted by molar-refractivity contribution is 0.209. The standard InChI is InChI=1S/C9H8N2O3S/c12-4-5-2-1-3-6-7(5)15-8(10-6)11-9(13)14/h1-3,12H,4H2,(H,10,11)(H,13,14). The van der Waals surface area contributed by atoms with Crippen LogP contribution >= 0.6 is 11.3 Å². The fraction of sp³-hybridized carbons (Fsp3) is 0.111. The molecule has 0 atom stereocenters. The molecule has 1 amide bonds. The number of carboxylic acid groups (broad SMARTS) is 1. The Bertz CT molecular complexity index is 509. The van der Waals surface area contributed by atoms with E-state index in [2.05, 4.69) is 10.3 Å². The number of aromatic nitrogens is 1. The van der Waals surface area contributed by atoms with E-state index in [1.807, 2.05) is 0 Å². The fourth-order valence-corrected chi connectivity index (χ4v) is 2.23. The van der Waals surface area contributed by atoms with Crippen molar-refractivity contribution in [3.05, 3.63) is 23.8 Å². The smallest absolute Gasteiger partial charge is 0.410 e. The van der Waals surface area contributed by atoms with Gasteiger partial charge in [0.05, 0.1) is 16.8 Å². The molecule has 1 heterocycles. The molecule has 0 spiro atoms. The lowest BCUT2D eigenvalue weighted by atomic mass is 10.2. The summed E-state index contributed by atoms with van der Waals surface area (Å²) in [7, 11) is 0. The van der Waals surface area contributed by atoms with Crippen LogP contribution in [-0.4, -0.2) is 21.3 Å². The van der Waals surface area contributed by atoms with Gasteiger partial charge in [0, 0.05) is 0 Å². The van der Waals surface area contributed by atoms with Gasteiger partial charge in [0.25, 0.3) is 0 Å². The Hall–Kier alpha value is -1.66. The molecule has 1 aromatic carbocycles. The first-order valence-corrected chi connectivity index (χ1v) is 5.01. The number of fused-ring (bicyclic) bond motifs is 1. The van der Waals surface area contributed by atoms with Crippen LogP contribution in [0.15, 0.2) is 18.2 Å². The van der Waals surface area contributed by atoms with Crippen molar-refractivity contribution in [1.29, 1.82) is 0 Å². The summed E-state index contributed by atoms with van der Waals surface area (Å²) in [4.78, 5) is 14.5. The average molecular weight is 224 g/mol. The number of nitrogens with one attached hydrogen (secondary N) is 1. The van der Waals surface area contributed by atoms with Crippen LogP contribution in [-0.2, 0) is 6.61 Å². The highest BCUT2D eigenvalue weighted by Gasteiger charge is 2.08. The highest BCUT2D eigenvalue weighted by atomic mass is 32.1. The van der Waals surface area contributed by atoms with Crippen LogP contribution in [0.3, 0.4) is 0 Å². The number of benzene rings is 1. The van der Waals surface area contributed by atoms with Crippen molar-refractivity contribution in [3.63, 3.8) is 0 Å². The molecule has 0 saturated carbocycles. The van der Waals surface area contributed by atoms with Crippen LogP contribution < -0.4 is 5.32 Å². The molecule has 0 aliphatic carbocycles. The monoisotopic (exact) mass is 224 g/mol. The molecular weight excluding hydrogens is 216 g/mol. The Morgan fingerprint density at radius 2 is 2.33 bits per heavy atom. The molecule has 78 valence electrons. The van der Waals surface area contributed by atoms with Gasteiger partial charge < -0.3 is 10.2 Å². The molecule has 0 radical (unpaired) electrons. The van der Waals surface area contributed by atoms with E-state index in [1.165, 1.54) is 11.3 Å². The van der Waals surface area contributed by atoms with Crippen LogP contribution in [0.5, 0.6) is 0 Å². The Balaban J connectivity index is 2.50. The number of amides is 1. The van der Waals surface area contributed by atoms with E-state index < -0.39 is 6.09 Å². The summed E-state index contributed by atoms with van der Waals surface area (Å²) in [6, 6.07) is 5.33. The first-order chi connectivity index (χ1) is 7.20. The molecule has 0 saturated heterocycles. The van der Waals surface area contributed by atoms with Crippen molar-refractivity contribution in [2.75, 3.05) is 5.32 Å². The maximum atomic E-state index is 10.4. The van der Waals surface area contributed by atoms with Gasteiger partial charge in [-0.1, -0.05) is 23.5 Å². The van der Waals surface area contributed by atoms with Crippen molar-refractivity contribution < 1.29 is 15.0 Å². The molecule has 5 nitrogen and oxygen atoms in total. The number of hydrogen-bond donors (Lipinski definition) is 3. The highest BCUT2D eigenvalue weighted by molar-refractivity contribution is 7.22. The summed E-state index contributed by atoms with van der Waals surface area (Å²) in [6.45, 7) is -0.0773. The van der Waals surface area contributed by atoms with Gasteiger partial charge in [-0.2, -0.15) is 0 Å². The highest BCUT2D eigenvalue weighted by Crippen LogP contribution is 2.28. The predicted molar refractivity (Wildman–Crippen MR) is 57.2 cm³/mol. The molecule has 0 aliphatic heterocycles. The van der Waals surface area contributed by atoms with Crippen LogP contribution in [0.1, 0.15) is 5.56 Å². The number of nitrogens with zero attached hydrogens (tertiary/aromatic N) is 1. The minimum atomic E-state index is -1.14. The molecule has 2 rings (SSSR count). The molecule has 0 fully saturated rings. The van der Waals surface area contributed by atoms with Crippen molar-refractivity contribution in [2.24, 2.45) is 0 Å². The van der Waals surface area contributed by atoms with Gasteiger partial charge in [-0.15, -0.1) is 0 Å². The molecule has 6 heteroatoms. The maximum Gasteiger partial charge on any atom is 0.410 e. The SMILES string of the molecule is O=C(O)Nc1nc2cccc(CO)c2s1. The first-order valence-electron chi connectivity index (χ1n) is 4.20. The summed E-state index contributed by atoms with van der Waals surface area (Å²) in [5, 5.41) is 20.1. The fourth-order valence-electron chi connectivity index (χ4n) is 1.28. The van der Waals surface area contributed by atoms with Crippen LogP contribution in [0.4, 0.5) is 9.93 Å². The zero-order chi connectivity index (χ0) is 10.8. The third-order valence-electron chi connectivity index (χ3n) is 1.88. The normalized spacial score (nSPS) is 10.5. The molecular formula is C9H8N2O3S. The minimum Gasteiger partial charge on any atom is -0.465 e. The van der Waals surface area contributed by atoms with Gasteiger partial charge >= 0.3 is 6.09 Å². The van der Waals surface area contributed by atoms with Crippen LogP contribution in [0.2, 0.25) is 0 Å². The molecule has 0 aliphatic rings. The minimum absolute atomic E-state index is 0.0773. The van der Waals surface area contributed by atoms with Gasteiger partial charge in [0.15, 0.2) is 5.13 Å². The second-order valence-electron chi connectivity index (χ2n) is 2.87. The zero-order valence-electron chi connectivity index (χ0n) is 7.60. The largest absolute Gasteiger partial charge is 0.465 e. The van der Waals surface area contributed by atoms with Crippen molar-refractivity contribution in [1.82, 2.24) is 4.98 Å². The van der Waals surface area contributed by atoms with E-state index in [-0.39, 0.29) is 6.61 Å². The van der Waals surface area contributed by atoms with Crippen molar-refractivity contribution >= 4 is 32.8 Å². The molecule has 3 N–H and O–H groups in total. The third kappa shape index (κ3) is 1.90. The Morgan fingerprint density at radius 1 is 1.53 bits per heavy atom. The summed E-state index contributed by atoms with van der Waals surface area (Å²) in [5.74, 6) is 0. The number of anilines is 1. The number of rotatable bonds is 2. The molecule has 15 heavy (non-hydrogen) atoms. The molecule has 1 aromatic heterocycles. The van der Waals surface area contributed by atoms with E-state index in [4.69, 9.17) is 10.2 Å². The summed E-state index contributed by atoms with van der Waals surface area (Å²) < 4.78 is 0.809. The van der Waals surface area contributed by atoms with Gasteiger partial charge in [-0.05, 0) is 11.6 Å². The average Bonchev–Trinajstić information content (AvgIpc) is 2.58. The summed E-state index contributed by atoms with van der Waals surface area (Å²) in [6.07, 6.45) is -1.14. The van der Waals surface area contributed by atoms with Gasteiger partial charge in [-0.3, -0.25) is 5.32 Å². The molecule has 0 bridgehead atoms. The van der Waals surface area contributed by atoms with Gasteiger partial charge in [-0.25, -0.2) is 9.78 Å². The number of thiazole rings is 1. The van der Waals surface area contributed by atoms with Gasteiger partial charge in [0.2, 0.25) is 0 Å². The predicted octanol–water partition coefficient (Wildman–Crippen LogP) is 1.88. The maximum absolute atomic E-state index is 10.4. The quantitative estimate of drug-likeness (QED) is 0.727. The topological polar surface area (TPSA) is 82.5 Å². The Kier molecular flexibility index (Phi) is 2.53. The number of carbonyl (C=O) groups is 1. The number of aliphatic hydroxyl groups excluding tert-OH is 1. The summed E-state index contributed by atoms with van der Waals surface area (Å²) >= 11 is 1.21. The molecule has 2 aromatic rings. The molecule has 0 unspecified atom stereocenters. The first kappa shape index (κ1) is 9.88. The lowest BCUT2D eigenvalue weighted by Gasteiger charge is -1.94.